The molecule has 4 nitrogen and oxygen atoms in total. The van der Waals surface area contributed by atoms with Crippen molar-refractivity contribution in [2.24, 2.45) is 0 Å². The molecule has 1 aliphatic carbocycles. The van der Waals surface area contributed by atoms with E-state index in [0.717, 1.165) is 49.5 Å². The lowest BCUT2D eigenvalue weighted by molar-refractivity contribution is 0.0700. The lowest BCUT2D eigenvalue weighted by atomic mass is 10.0. The number of piperidine rings is 1. The highest BCUT2D eigenvalue weighted by atomic mass is 32.1. The smallest absolute Gasteiger partial charge is 0.347 e. The Kier molecular flexibility index (Phi) is 2.88. The molecule has 0 aromatic carbocycles. The van der Waals surface area contributed by atoms with Crippen molar-refractivity contribution < 1.29 is 9.90 Å². The van der Waals surface area contributed by atoms with Gasteiger partial charge in [0.1, 0.15) is 4.88 Å². The zero-order valence-electron chi connectivity index (χ0n) is 9.61. The molecule has 2 fully saturated rings. The van der Waals surface area contributed by atoms with Gasteiger partial charge in [-0.3, -0.25) is 0 Å². The van der Waals surface area contributed by atoms with Crippen LogP contribution in [0, 0.1) is 0 Å². The lowest BCUT2D eigenvalue weighted by Crippen LogP contribution is -2.28. The van der Waals surface area contributed by atoms with E-state index < -0.39 is 5.97 Å². The monoisotopic (exact) mass is 252 g/mol. The first kappa shape index (κ1) is 11.2. The van der Waals surface area contributed by atoms with E-state index in [9.17, 15) is 9.90 Å². The van der Waals surface area contributed by atoms with Crippen LogP contribution in [0.1, 0.15) is 57.9 Å². The van der Waals surface area contributed by atoms with Gasteiger partial charge in [0.2, 0.25) is 0 Å². The molecule has 2 heterocycles. The first-order valence-corrected chi connectivity index (χ1v) is 7.02. The van der Waals surface area contributed by atoms with Crippen molar-refractivity contribution in [2.45, 2.75) is 37.5 Å². The quantitative estimate of drug-likeness (QED) is 0.865. The molecule has 3 rings (SSSR count). The van der Waals surface area contributed by atoms with Gasteiger partial charge in [0, 0.05) is 18.4 Å². The molecule has 0 amide bonds. The molecule has 1 atom stereocenters. The van der Waals surface area contributed by atoms with E-state index in [1.54, 1.807) is 0 Å². The summed E-state index contributed by atoms with van der Waals surface area (Å²) in [6.45, 7) is 2.01. The normalized spacial score (nSPS) is 24.8. The number of carboxylic acid groups (broad SMARTS) is 1. The van der Waals surface area contributed by atoms with Crippen molar-refractivity contribution in [3.05, 3.63) is 15.6 Å². The van der Waals surface area contributed by atoms with Crippen molar-refractivity contribution in [2.75, 3.05) is 13.1 Å². The summed E-state index contributed by atoms with van der Waals surface area (Å²) in [6.07, 6.45) is 4.49. The minimum atomic E-state index is -0.806. The van der Waals surface area contributed by atoms with Crippen molar-refractivity contribution in [1.82, 2.24) is 10.3 Å². The second kappa shape index (κ2) is 4.38. The number of nitrogens with one attached hydrogen (secondary N) is 1. The molecule has 17 heavy (non-hydrogen) atoms. The molecule has 1 aliphatic heterocycles. The third-order valence-electron chi connectivity index (χ3n) is 3.47. The third-order valence-corrected chi connectivity index (χ3v) is 4.70. The topological polar surface area (TPSA) is 62.2 Å². The van der Waals surface area contributed by atoms with Gasteiger partial charge in [-0.2, -0.15) is 0 Å². The molecular formula is C12H16N2O2S. The van der Waals surface area contributed by atoms with Crippen LogP contribution in [0.2, 0.25) is 0 Å². The standard InChI is InChI=1S/C12H16N2O2S/c15-12(16)10-9(7-3-4-7)14-11(17-10)8-2-1-5-13-6-8/h7-8,13H,1-6H2,(H,15,16). The van der Waals surface area contributed by atoms with Crippen LogP contribution in [0.15, 0.2) is 0 Å². The van der Waals surface area contributed by atoms with Gasteiger partial charge in [0.15, 0.2) is 0 Å². The summed E-state index contributed by atoms with van der Waals surface area (Å²) in [5.41, 5.74) is 0.850. The molecule has 2 N–H and O–H groups in total. The van der Waals surface area contributed by atoms with Crippen LogP contribution in [-0.4, -0.2) is 29.1 Å². The lowest BCUT2D eigenvalue weighted by Gasteiger charge is -2.20. The fourth-order valence-corrected chi connectivity index (χ4v) is 3.50. The summed E-state index contributed by atoms with van der Waals surface area (Å²) in [7, 11) is 0. The van der Waals surface area contributed by atoms with Gasteiger partial charge in [0.25, 0.3) is 0 Å². The Morgan fingerprint density at radius 2 is 2.18 bits per heavy atom. The molecule has 1 unspecified atom stereocenters. The first-order chi connectivity index (χ1) is 8.25. The fraction of sp³-hybridized carbons (Fsp3) is 0.667. The van der Waals surface area contributed by atoms with Crippen LogP contribution < -0.4 is 5.32 Å². The fourth-order valence-electron chi connectivity index (χ4n) is 2.37. The van der Waals surface area contributed by atoms with E-state index in [1.807, 2.05) is 0 Å². The molecule has 92 valence electrons. The maximum absolute atomic E-state index is 11.2. The molecule has 5 heteroatoms. The van der Waals surface area contributed by atoms with Crippen LogP contribution in [0.5, 0.6) is 0 Å². The van der Waals surface area contributed by atoms with Gasteiger partial charge < -0.3 is 10.4 Å². The number of aromatic nitrogens is 1. The van der Waals surface area contributed by atoms with Gasteiger partial charge in [0.05, 0.1) is 10.7 Å². The van der Waals surface area contributed by atoms with Crippen LogP contribution in [0.3, 0.4) is 0 Å². The number of thiazole rings is 1. The summed E-state index contributed by atoms with van der Waals surface area (Å²) in [5, 5.41) is 13.6. The number of nitrogens with zero attached hydrogens (tertiary/aromatic N) is 1. The maximum atomic E-state index is 11.2. The van der Waals surface area contributed by atoms with Gasteiger partial charge >= 0.3 is 5.97 Å². The van der Waals surface area contributed by atoms with Crippen LogP contribution in [-0.2, 0) is 0 Å². The minimum absolute atomic E-state index is 0.416. The van der Waals surface area contributed by atoms with E-state index in [1.165, 1.54) is 11.3 Å². The number of hydrogen-bond acceptors (Lipinski definition) is 4. The van der Waals surface area contributed by atoms with Crippen molar-refractivity contribution in [1.29, 1.82) is 0 Å². The molecule has 1 aromatic heterocycles. The van der Waals surface area contributed by atoms with Gasteiger partial charge in [-0.15, -0.1) is 11.3 Å². The molecule has 1 saturated heterocycles. The summed E-state index contributed by atoms with van der Waals surface area (Å²) in [5.74, 6) is 0.0291. The van der Waals surface area contributed by atoms with Gasteiger partial charge in [-0.1, -0.05) is 0 Å². The number of rotatable bonds is 3. The Balaban J connectivity index is 1.89. The number of aromatic carboxylic acids is 1. The zero-order valence-corrected chi connectivity index (χ0v) is 10.4. The number of carbonyl (C=O) groups is 1. The highest BCUT2D eigenvalue weighted by molar-refractivity contribution is 7.13. The molecule has 1 aromatic rings. The maximum Gasteiger partial charge on any atom is 0.347 e. The summed E-state index contributed by atoms with van der Waals surface area (Å²) >= 11 is 1.39. The van der Waals surface area contributed by atoms with Crippen molar-refractivity contribution >= 4 is 17.3 Å². The average Bonchev–Trinajstić information content (AvgIpc) is 3.09. The summed E-state index contributed by atoms with van der Waals surface area (Å²) in [4.78, 5) is 16.3. The average molecular weight is 252 g/mol. The van der Waals surface area contributed by atoms with Gasteiger partial charge in [-0.05, 0) is 32.2 Å². The Morgan fingerprint density at radius 1 is 1.35 bits per heavy atom. The Morgan fingerprint density at radius 3 is 2.76 bits per heavy atom. The van der Waals surface area contributed by atoms with Crippen LogP contribution in [0.25, 0.3) is 0 Å². The highest BCUT2D eigenvalue weighted by Crippen LogP contribution is 2.44. The molecular weight excluding hydrogens is 236 g/mol. The van der Waals surface area contributed by atoms with Crippen LogP contribution >= 0.6 is 11.3 Å². The molecule has 1 saturated carbocycles. The molecule has 2 aliphatic rings. The first-order valence-electron chi connectivity index (χ1n) is 6.20. The summed E-state index contributed by atoms with van der Waals surface area (Å²) in [6, 6.07) is 0. The third kappa shape index (κ3) is 2.21. The molecule has 0 spiro atoms. The Labute approximate surface area is 104 Å². The second-order valence-corrected chi connectivity index (χ2v) is 5.92. The highest BCUT2D eigenvalue weighted by Gasteiger charge is 2.33. The predicted octanol–water partition coefficient (Wildman–Crippen LogP) is 2.19. The van der Waals surface area contributed by atoms with Crippen LogP contribution in [0.4, 0.5) is 0 Å². The second-order valence-electron chi connectivity index (χ2n) is 4.89. The van der Waals surface area contributed by atoms with E-state index in [0.29, 0.717) is 16.7 Å². The SMILES string of the molecule is O=C(O)c1sc(C2CCCNC2)nc1C1CC1. The molecule has 0 radical (unpaired) electrons. The Bertz CT molecular complexity index is 434. The largest absolute Gasteiger partial charge is 0.477 e. The number of carboxylic acids is 1. The van der Waals surface area contributed by atoms with Gasteiger partial charge in [-0.25, -0.2) is 9.78 Å². The van der Waals surface area contributed by atoms with E-state index in [2.05, 4.69) is 10.3 Å². The van der Waals surface area contributed by atoms with E-state index >= 15 is 0 Å². The van der Waals surface area contributed by atoms with E-state index in [-0.39, 0.29) is 0 Å². The van der Waals surface area contributed by atoms with Crippen molar-refractivity contribution in [3.8, 4) is 0 Å². The zero-order chi connectivity index (χ0) is 11.8. The van der Waals surface area contributed by atoms with Crippen molar-refractivity contribution in [3.63, 3.8) is 0 Å². The van der Waals surface area contributed by atoms with E-state index in [4.69, 9.17) is 0 Å². The summed E-state index contributed by atoms with van der Waals surface area (Å²) < 4.78 is 0. The minimum Gasteiger partial charge on any atom is -0.477 e. The predicted molar refractivity (Wildman–Crippen MR) is 65.9 cm³/mol. The Hall–Kier alpha value is -0.940. The number of hydrogen-bond donors (Lipinski definition) is 2. The molecule has 0 bridgehead atoms.